The minimum absolute atomic E-state index is 0.360. The summed E-state index contributed by atoms with van der Waals surface area (Å²) in [7, 11) is 0. The molecular weight excluding hydrogens is 218 g/mol. The van der Waals surface area contributed by atoms with E-state index in [1.165, 1.54) is 4.88 Å². The van der Waals surface area contributed by atoms with Gasteiger partial charge in [-0.1, -0.05) is 19.9 Å². The highest BCUT2D eigenvalue weighted by molar-refractivity contribution is 7.09. The van der Waals surface area contributed by atoms with E-state index in [-0.39, 0.29) is 0 Å². The smallest absolute Gasteiger partial charge is 0.0594 e. The molecule has 1 aromatic rings. The van der Waals surface area contributed by atoms with E-state index in [1.807, 2.05) is 11.3 Å². The van der Waals surface area contributed by atoms with Crippen molar-refractivity contribution >= 4 is 11.3 Å². The second-order valence-electron chi connectivity index (χ2n) is 4.40. The predicted octanol–water partition coefficient (Wildman–Crippen LogP) is 2.94. The topological polar surface area (TPSA) is 21.3 Å². The van der Waals surface area contributed by atoms with E-state index in [0.29, 0.717) is 12.0 Å². The molecule has 0 saturated carbocycles. The van der Waals surface area contributed by atoms with Gasteiger partial charge < -0.3 is 10.1 Å². The summed E-state index contributed by atoms with van der Waals surface area (Å²) in [5.74, 6) is 0.603. The van der Waals surface area contributed by atoms with Crippen molar-refractivity contribution in [2.24, 2.45) is 5.92 Å². The molecule has 1 aromatic heterocycles. The summed E-state index contributed by atoms with van der Waals surface area (Å²) < 4.78 is 5.68. The second kappa shape index (κ2) is 7.82. The van der Waals surface area contributed by atoms with Gasteiger partial charge in [0.15, 0.2) is 0 Å². The fraction of sp³-hybridized carbons (Fsp3) is 0.692. The van der Waals surface area contributed by atoms with Crippen molar-refractivity contribution < 1.29 is 4.74 Å². The lowest BCUT2D eigenvalue weighted by atomic mass is 10.1. The molecular formula is C13H23NOS. The zero-order valence-corrected chi connectivity index (χ0v) is 11.3. The third kappa shape index (κ3) is 5.64. The van der Waals surface area contributed by atoms with Gasteiger partial charge in [-0.25, -0.2) is 0 Å². The lowest BCUT2D eigenvalue weighted by molar-refractivity contribution is 0.0375. The van der Waals surface area contributed by atoms with Crippen LogP contribution in [0.3, 0.4) is 0 Å². The van der Waals surface area contributed by atoms with Crippen molar-refractivity contribution in [1.82, 2.24) is 5.32 Å². The molecule has 1 unspecified atom stereocenters. The van der Waals surface area contributed by atoms with E-state index >= 15 is 0 Å². The first kappa shape index (κ1) is 13.7. The maximum atomic E-state index is 5.68. The molecule has 3 heteroatoms. The van der Waals surface area contributed by atoms with Gasteiger partial charge in [-0.15, -0.1) is 11.3 Å². The Hall–Kier alpha value is -0.380. The zero-order valence-electron chi connectivity index (χ0n) is 10.5. The third-order valence-corrected chi connectivity index (χ3v) is 3.66. The van der Waals surface area contributed by atoms with Gasteiger partial charge in [-0.2, -0.15) is 0 Å². The molecule has 0 aliphatic rings. The Balaban J connectivity index is 1.92. The van der Waals surface area contributed by atoms with Gasteiger partial charge in [0, 0.05) is 18.0 Å². The number of rotatable bonds is 8. The van der Waals surface area contributed by atoms with Crippen LogP contribution in [-0.2, 0) is 11.2 Å². The van der Waals surface area contributed by atoms with Gasteiger partial charge in [0.05, 0.1) is 12.7 Å². The van der Waals surface area contributed by atoms with E-state index in [2.05, 4.69) is 43.6 Å². The summed E-state index contributed by atoms with van der Waals surface area (Å²) in [4.78, 5) is 1.45. The molecule has 0 aromatic carbocycles. The highest BCUT2D eigenvalue weighted by Crippen LogP contribution is 2.08. The molecule has 0 bridgehead atoms. The van der Waals surface area contributed by atoms with Crippen molar-refractivity contribution in [3.8, 4) is 0 Å². The van der Waals surface area contributed by atoms with Crippen molar-refractivity contribution in [2.75, 3.05) is 19.7 Å². The summed E-state index contributed by atoms with van der Waals surface area (Å²) >= 11 is 1.82. The second-order valence-corrected chi connectivity index (χ2v) is 5.43. The summed E-state index contributed by atoms with van der Waals surface area (Å²) in [6.07, 6.45) is 1.48. The van der Waals surface area contributed by atoms with Gasteiger partial charge >= 0.3 is 0 Å². The lowest BCUT2D eigenvalue weighted by Crippen LogP contribution is -2.25. The molecule has 0 aliphatic heterocycles. The highest BCUT2D eigenvalue weighted by atomic mass is 32.1. The fourth-order valence-electron chi connectivity index (χ4n) is 1.30. The Kier molecular flexibility index (Phi) is 6.69. The summed E-state index contributed by atoms with van der Waals surface area (Å²) in [5, 5.41) is 5.53. The van der Waals surface area contributed by atoms with E-state index < -0.39 is 0 Å². The Bertz CT molecular complexity index is 259. The summed E-state index contributed by atoms with van der Waals surface area (Å²) in [6.45, 7) is 9.31. The average Bonchev–Trinajstić information content (AvgIpc) is 2.75. The zero-order chi connectivity index (χ0) is 11.8. The van der Waals surface area contributed by atoms with Crippen LogP contribution in [0.4, 0.5) is 0 Å². The van der Waals surface area contributed by atoms with Gasteiger partial charge in [-0.05, 0) is 30.7 Å². The van der Waals surface area contributed by atoms with Crippen LogP contribution in [0, 0.1) is 5.92 Å². The molecule has 2 nitrogen and oxygen atoms in total. The normalized spacial score (nSPS) is 13.2. The first-order valence-electron chi connectivity index (χ1n) is 6.05. The van der Waals surface area contributed by atoms with Crippen LogP contribution < -0.4 is 5.32 Å². The average molecular weight is 241 g/mol. The first-order chi connectivity index (χ1) is 7.70. The van der Waals surface area contributed by atoms with Crippen LogP contribution in [0.1, 0.15) is 25.6 Å². The molecule has 0 aliphatic carbocycles. The molecule has 0 radical (unpaired) electrons. The Morgan fingerprint density at radius 1 is 1.31 bits per heavy atom. The Morgan fingerprint density at radius 3 is 2.75 bits per heavy atom. The summed E-state index contributed by atoms with van der Waals surface area (Å²) in [6, 6.07) is 4.29. The molecule has 1 rings (SSSR count). The number of ether oxygens (including phenoxy) is 1. The quantitative estimate of drug-likeness (QED) is 0.707. The maximum Gasteiger partial charge on any atom is 0.0594 e. The minimum atomic E-state index is 0.360. The molecule has 1 atom stereocenters. The summed E-state index contributed by atoms with van der Waals surface area (Å²) in [5.41, 5.74) is 0. The van der Waals surface area contributed by atoms with Crippen LogP contribution >= 0.6 is 11.3 Å². The molecule has 0 amide bonds. The van der Waals surface area contributed by atoms with Gasteiger partial charge in [0.2, 0.25) is 0 Å². The molecule has 0 saturated heterocycles. The van der Waals surface area contributed by atoms with E-state index in [0.717, 1.165) is 26.1 Å². The van der Waals surface area contributed by atoms with Crippen LogP contribution in [0.15, 0.2) is 17.5 Å². The van der Waals surface area contributed by atoms with Crippen molar-refractivity contribution in [3.05, 3.63) is 22.4 Å². The standard InChI is InChI=1S/C13H23NOS/c1-11(2)12(3)15-9-8-14-7-6-13-5-4-10-16-13/h4-5,10-12,14H,6-9H2,1-3H3. The first-order valence-corrected chi connectivity index (χ1v) is 6.93. The molecule has 0 fully saturated rings. The molecule has 1 N–H and O–H groups in total. The van der Waals surface area contributed by atoms with E-state index in [9.17, 15) is 0 Å². The van der Waals surface area contributed by atoms with Gasteiger partial charge in [0.25, 0.3) is 0 Å². The number of hydrogen-bond donors (Lipinski definition) is 1. The molecule has 0 spiro atoms. The van der Waals surface area contributed by atoms with Crippen LogP contribution in [0.5, 0.6) is 0 Å². The third-order valence-electron chi connectivity index (χ3n) is 2.73. The molecule has 16 heavy (non-hydrogen) atoms. The fourth-order valence-corrected chi connectivity index (χ4v) is 2.01. The van der Waals surface area contributed by atoms with E-state index in [1.54, 1.807) is 0 Å². The largest absolute Gasteiger partial charge is 0.377 e. The lowest BCUT2D eigenvalue weighted by Gasteiger charge is -2.16. The van der Waals surface area contributed by atoms with Crippen LogP contribution in [0.2, 0.25) is 0 Å². The van der Waals surface area contributed by atoms with Crippen LogP contribution in [-0.4, -0.2) is 25.8 Å². The highest BCUT2D eigenvalue weighted by Gasteiger charge is 2.05. The number of nitrogens with one attached hydrogen (secondary N) is 1. The van der Waals surface area contributed by atoms with Crippen LogP contribution in [0.25, 0.3) is 0 Å². The monoisotopic (exact) mass is 241 g/mol. The molecule has 92 valence electrons. The van der Waals surface area contributed by atoms with E-state index in [4.69, 9.17) is 4.74 Å². The Morgan fingerprint density at radius 2 is 2.12 bits per heavy atom. The van der Waals surface area contributed by atoms with Crippen molar-refractivity contribution in [2.45, 2.75) is 33.3 Å². The van der Waals surface area contributed by atoms with Crippen molar-refractivity contribution in [1.29, 1.82) is 0 Å². The van der Waals surface area contributed by atoms with Gasteiger partial charge in [-0.3, -0.25) is 0 Å². The minimum Gasteiger partial charge on any atom is -0.377 e. The number of thiophene rings is 1. The molecule has 1 heterocycles. The maximum absolute atomic E-state index is 5.68. The predicted molar refractivity (Wildman–Crippen MR) is 71.1 cm³/mol. The number of hydrogen-bond acceptors (Lipinski definition) is 3. The SMILES string of the molecule is CC(C)C(C)OCCNCCc1cccs1. The Labute approximate surface area is 103 Å². The van der Waals surface area contributed by atoms with Crippen molar-refractivity contribution in [3.63, 3.8) is 0 Å². The van der Waals surface area contributed by atoms with Gasteiger partial charge in [0.1, 0.15) is 0 Å².